The van der Waals surface area contributed by atoms with Crippen LogP contribution >= 0.6 is 0 Å². The Hall–Kier alpha value is -1.55. The van der Waals surface area contributed by atoms with E-state index in [4.69, 9.17) is 6.42 Å². The topological polar surface area (TPSA) is 17.1 Å². The Bertz CT molecular complexity index is 702. The van der Waals surface area contributed by atoms with Gasteiger partial charge in [-0.1, -0.05) is 37.3 Å². The maximum atomic E-state index is 12.5. The van der Waals surface area contributed by atoms with Crippen molar-refractivity contribution in [1.82, 2.24) is 0 Å². The van der Waals surface area contributed by atoms with E-state index in [0.29, 0.717) is 23.5 Å². The number of carbonyl (C=O) groups is 1. The number of hydrogen-bond acceptors (Lipinski definition) is 1. The number of rotatable bonds is 1. The molecule has 4 rings (SSSR count). The van der Waals surface area contributed by atoms with Gasteiger partial charge in [0.15, 0.2) is 0 Å². The summed E-state index contributed by atoms with van der Waals surface area (Å²) in [6, 6.07) is 0. The van der Waals surface area contributed by atoms with E-state index in [0.717, 1.165) is 51.4 Å². The van der Waals surface area contributed by atoms with E-state index in [-0.39, 0.29) is 10.8 Å². The molecule has 0 bridgehead atoms. The van der Waals surface area contributed by atoms with E-state index < -0.39 is 0 Å². The molecule has 1 heteroatoms. The molecule has 1 nitrogen and oxygen atoms in total. The molecule has 126 valence electrons. The van der Waals surface area contributed by atoms with E-state index in [9.17, 15) is 4.79 Å². The summed E-state index contributed by atoms with van der Waals surface area (Å²) >= 11 is 0. The summed E-state index contributed by atoms with van der Waals surface area (Å²) in [7, 11) is 0. The third kappa shape index (κ3) is 1.92. The summed E-state index contributed by atoms with van der Waals surface area (Å²) in [5, 5.41) is 0. The summed E-state index contributed by atoms with van der Waals surface area (Å²) in [5.74, 6) is 5.22. The van der Waals surface area contributed by atoms with Crippen molar-refractivity contribution in [3.63, 3.8) is 0 Å². The molecule has 0 aromatic heterocycles. The monoisotopic (exact) mass is 320 g/mol. The zero-order valence-electron chi connectivity index (χ0n) is 14.9. The van der Waals surface area contributed by atoms with Crippen molar-refractivity contribution < 1.29 is 4.79 Å². The maximum Gasteiger partial charge on any atom is 0.139 e. The Labute approximate surface area is 146 Å². The molecule has 5 atom stereocenters. The van der Waals surface area contributed by atoms with Gasteiger partial charge in [0.25, 0.3) is 0 Å². The first-order valence-electron chi connectivity index (χ1n) is 9.47. The fraction of sp³-hybridized carbons (Fsp3) is 0.609. The van der Waals surface area contributed by atoms with Gasteiger partial charge in [-0.2, -0.15) is 0 Å². The predicted octanol–water partition coefficient (Wildman–Crippen LogP) is 5.24. The lowest BCUT2D eigenvalue weighted by atomic mass is 9.45. The lowest BCUT2D eigenvalue weighted by Gasteiger charge is -2.58. The van der Waals surface area contributed by atoms with Crippen LogP contribution in [0.1, 0.15) is 58.3 Å². The minimum atomic E-state index is -0.0851. The standard InChI is InChI=1S/C23H28O/c1-5-10-23-12-8-15(2)13-20(23)16(3)14-17-18-6-7-21(24)22(18,4)11-9-19(17)23/h1,13,17-19H,2-3,6-12,14H2,4H3/t17-,18-,19-,22-,23+/m0/s1. The van der Waals surface area contributed by atoms with Crippen molar-refractivity contribution in [3.05, 3.63) is 36.0 Å². The maximum absolute atomic E-state index is 12.5. The Morgan fingerprint density at radius 3 is 2.79 bits per heavy atom. The molecule has 4 aliphatic rings. The Kier molecular flexibility index (Phi) is 3.47. The van der Waals surface area contributed by atoms with Crippen molar-refractivity contribution in [2.75, 3.05) is 0 Å². The van der Waals surface area contributed by atoms with Crippen LogP contribution in [-0.4, -0.2) is 5.78 Å². The van der Waals surface area contributed by atoms with Crippen LogP contribution in [0.5, 0.6) is 0 Å². The van der Waals surface area contributed by atoms with Crippen LogP contribution in [0.25, 0.3) is 0 Å². The summed E-state index contributed by atoms with van der Waals surface area (Å²) in [5.41, 5.74) is 3.87. The fourth-order valence-corrected chi connectivity index (χ4v) is 6.70. The number of terminal acetylenes is 1. The molecule has 0 unspecified atom stereocenters. The first kappa shape index (κ1) is 15.9. The molecule has 0 aromatic rings. The molecular formula is C23H28O. The van der Waals surface area contributed by atoms with Gasteiger partial charge < -0.3 is 0 Å². The molecule has 0 heterocycles. The third-order valence-corrected chi connectivity index (χ3v) is 7.91. The molecule has 0 radical (unpaired) electrons. The van der Waals surface area contributed by atoms with Gasteiger partial charge in [0.05, 0.1) is 0 Å². The number of carbonyl (C=O) groups excluding carboxylic acids is 1. The predicted molar refractivity (Wildman–Crippen MR) is 98.1 cm³/mol. The molecule has 0 amide bonds. The Balaban J connectivity index is 1.80. The van der Waals surface area contributed by atoms with Gasteiger partial charge in [-0.05, 0) is 61.9 Å². The van der Waals surface area contributed by atoms with Crippen LogP contribution in [0.4, 0.5) is 0 Å². The molecule has 0 saturated heterocycles. The second kappa shape index (κ2) is 5.22. The average molecular weight is 320 g/mol. The van der Waals surface area contributed by atoms with Crippen LogP contribution < -0.4 is 0 Å². The average Bonchev–Trinajstić information content (AvgIpc) is 2.85. The minimum absolute atomic E-state index is 0.0851. The molecule has 4 aliphatic carbocycles. The van der Waals surface area contributed by atoms with Crippen LogP contribution in [0, 0.1) is 40.9 Å². The molecular weight excluding hydrogens is 292 g/mol. The first-order valence-corrected chi connectivity index (χ1v) is 9.47. The molecule has 0 aromatic carbocycles. The zero-order valence-corrected chi connectivity index (χ0v) is 14.9. The van der Waals surface area contributed by atoms with E-state index in [1.165, 1.54) is 16.7 Å². The number of hydrogen-bond donors (Lipinski definition) is 0. The van der Waals surface area contributed by atoms with Crippen molar-refractivity contribution in [3.8, 4) is 12.3 Å². The fourth-order valence-electron chi connectivity index (χ4n) is 6.70. The van der Waals surface area contributed by atoms with Gasteiger partial charge in [0, 0.05) is 23.7 Å². The lowest BCUT2D eigenvalue weighted by Crippen LogP contribution is -2.51. The summed E-state index contributed by atoms with van der Waals surface area (Å²) in [4.78, 5) is 12.5. The SMILES string of the molecule is C#CC[C@]12CCC(=C)C=C1C(=C)C[C@@H]1[C@@H]2CC[C@]2(C)C(=O)CC[C@@H]12. The zero-order chi connectivity index (χ0) is 17.1. The van der Waals surface area contributed by atoms with Crippen LogP contribution in [-0.2, 0) is 4.79 Å². The van der Waals surface area contributed by atoms with Crippen LogP contribution in [0.15, 0.2) is 36.0 Å². The summed E-state index contributed by atoms with van der Waals surface area (Å²) < 4.78 is 0. The quantitative estimate of drug-likeness (QED) is 0.604. The van der Waals surface area contributed by atoms with E-state index >= 15 is 0 Å². The number of ketones is 1. The van der Waals surface area contributed by atoms with Gasteiger partial charge in [0.2, 0.25) is 0 Å². The molecule has 0 aliphatic heterocycles. The van der Waals surface area contributed by atoms with Crippen LogP contribution in [0.2, 0.25) is 0 Å². The highest BCUT2D eigenvalue weighted by molar-refractivity contribution is 5.87. The molecule has 24 heavy (non-hydrogen) atoms. The van der Waals surface area contributed by atoms with Crippen molar-refractivity contribution in [2.45, 2.75) is 58.3 Å². The second-order valence-electron chi connectivity index (χ2n) is 8.86. The van der Waals surface area contributed by atoms with Crippen molar-refractivity contribution in [2.24, 2.45) is 28.6 Å². The van der Waals surface area contributed by atoms with Crippen molar-refractivity contribution >= 4 is 5.78 Å². The van der Waals surface area contributed by atoms with Gasteiger partial charge in [-0.15, -0.1) is 12.3 Å². The van der Waals surface area contributed by atoms with Crippen LogP contribution in [0.3, 0.4) is 0 Å². The lowest BCUT2D eigenvalue weighted by molar-refractivity contribution is -0.132. The Morgan fingerprint density at radius 2 is 2.04 bits per heavy atom. The second-order valence-corrected chi connectivity index (χ2v) is 8.86. The largest absolute Gasteiger partial charge is 0.299 e. The smallest absolute Gasteiger partial charge is 0.139 e. The number of allylic oxidation sites excluding steroid dienone is 4. The van der Waals surface area contributed by atoms with E-state index in [1.807, 2.05) is 0 Å². The van der Waals surface area contributed by atoms with Gasteiger partial charge in [-0.25, -0.2) is 0 Å². The Morgan fingerprint density at radius 1 is 1.25 bits per heavy atom. The third-order valence-electron chi connectivity index (χ3n) is 7.91. The molecule has 0 spiro atoms. The molecule has 3 fully saturated rings. The molecule has 3 saturated carbocycles. The normalized spacial score (nSPS) is 44.2. The highest BCUT2D eigenvalue weighted by Gasteiger charge is 2.60. The van der Waals surface area contributed by atoms with E-state index in [2.05, 4.69) is 32.1 Å². The number of Topliss-reactive ketones (excluding diaryl/α,β-unsaturated/α-hetero) is 1. The van der Waals surface area contributed by atoms with E-state index in [1.54, 1.807) is 0 Å². The molecule has 0 N–H and O–H groups in total. The summed E-state index contributed by atoms with van der Waals surface area (Å²) in [6.45, 7) is 10.9. The van der Waals surface area contributed by atoms with Gasteiger partial charge in [0.1, 0.15) is 5.78 Å². The first-order chi connectivity index (χ1) is 11.4. The number of fused-ring (bicyclic) bond motifs is 5. The van der Waals surface area contributed by atoms with Gasteiger partial charge in [-0.3, -0.25) is 4.79 Å². The highest BCUT2D eigenvalue weighted by Crippen LogP contribution is 2.66. The van der Waals surface area contributed by atoms with Crippen molar-refractivity contribution in [1.29, 1.82) is 0 Å². The highest BCUT2D eigenvalue weighted by atomic mass is 16.1. The minimum Gasteiger partial charge on any atom is -0.299 e. The summed E-state index contributed by atoms with van der Waals surface area (Å²) in [6.07, 6.45) is 16.2. The van der Waals surface area contributed by atoms with Gasteiger partial charge >= 0.3 is 0 Å².